The minimum absolute atomic E-state index is 0.153. The normalized spacial score (nSPS) is 28.8. The molecule has 0 unspecified atom stereocenters. The van der Waals surface area contributed by atoms with Crippen molar-refractivity contribution in [3.8, 4) is 0 Å². The first-order chi connectivity index (χ1) is 11.8. The molecule has 1 amide bonds. The lowest BCUT2D eigenvalue weighted by molar-refractivity contribution is 0.0620. The zero-order valence-electron chi connectivity index (χ0n) is 14.1. The second kappa shape index (κ2) is 5.62. The molecule has 3 saturated heterocycles. The first kappa shape index (κ1) is 14.5. The third kappa shape index (κ3) is 2.20. The maximum absolute atomic E-state index is 13.2. The van der Waals surface area contributed by atoms with Crippen molar-refractivity contribution in [1.82, 2.24) is 14.8 Å². The summed E-state index contributed by atoms with van der Waals surface area (Å²) in [4.78, 5) is 15.7. The van der Waals surface area contributed by atoms with Gasteiger partial charge in [0.25, 0.3) is 5.91 Å². The van der Waals surface area contributed by atoms with Crippen molar-refractivity contribution in [3.05, 3.63) is 35.5 Å². The summed E-state index contributed by atoms with van der Waals surface area (Å²) >= 11 is 0. The summed E-state index contributed by atoms with van der Waals surface area (Å²) in [6, 6.07) is 8.75. The number of para-hydroxylation sites is 1. The molecule has 1 N–H and O–H groups in total. The minimum atomic E-state index is 0.153. The number of rotatable bonds is 2. The van der Waals surface area contributed by atoms with E-state index in [1.54, 1.807) is 0 Å². The number of hydrogen-bond donors (Lipinski definition) is 1. The summed E-state index contributed by atoms with van der Waals surface area (Å²) < 4.78 is 2.38. The predicted octanol–water partition coefficient (Wildman–Crippen LogP) is 2.80. The van der Waals surface area contributed by atoms with Gasteiger partial charge in [-0.1, -0.05) is 18.2 Å². The highest BCUT2D eigenvalue weighted by atomic mass is 16.1. The highest BCUT2D eigenvalue weighted by Crippen LogP contribution is 2.32. The number of aryl methyl sites for hydroxylation is 1. The number of nitrogens with one attached hydrogen (secondary N) is 1. The predicted molar refractivity (Wildman–Crippen MR) is 95.3 cm³/mol. The second-order valence-corrected chi connectivity index (χ2v) is 7.67. The Hall–Kier alpha value is -1.81. The number of benzene rings is 1. The van der Waals surface area contributed by atoms with Crippen molar-refractivity contribution in [2.45, 2.75) is 44.7 Å². The Kier molecular flexibility index (Phi) is 3.40. The van der Waals surface area contributed by atoms with E-state index >= 15 is 0 Å². The van der Waals surface area contributed by atoms with Crippen LogP contribution in [0, 0.1) is 5.92 Å². The van der Waals surface area contributed by atoms with E-state index in [9.17, 15) is 4.79 Å². The largest absolute Gasteiger partial charge is 0.348 e. The van der Waals surface area contributed by atoms with Gasteiger partial charge in [0.1, 0.15) is 0 Å². The molecule has 1 aromatic carbocycles. The number of hydrogen-bond acceptors (Lipinski definition) is 2. The number of aromatic nitrogens is 1. The molecule has 2 bridgehead atoms. The fourth-order valence-corrected chi connectivity index (χ4v) is 5.06. The van der Waals surface area contributed by atoms with Crippen molar-refractivity contribution in [1.29, 1.82) is 0 Å². The van der Waals surface area contributed by atoms with Crippen molar-refractivity contribution >= 4 is 16.8 Å². The summed E-state index contributed by atoms with van der Waals surface area (Å²) in [6.45, 7) is 4.50. The lowest BCUT2D eigenvalue weighted by atomic mass is 9.84. The van der Waals surface area contributed by atoms with Crippen LogP contribution in [0.5, 0.6) is 0 Å². The fraction of sp³-hybridized carbons (Fsp3) is 0.550. The van der Waals surface area contributed by atoms with Gasteiger partial charge < -0.3 is 14.8 Å². The van der Waals surface area contributed by atoms with E-state index < -0.39 is 0 Å². The first-order valence-electron chi connectivity index (χ1n) is 9.44. The number of piperidine rings is 3. The van der Waals surface area contributed by atoms with Gasteiger partial charge in [-0.25, -0.2) is 0 Å². The van der Waals surface area contributed by atoms with Gasteiger partial charge in [0.15, 0.2) is 0 Å². The molecule has 0 spiro atoms. The Bertz CT molecular complexity index is 786. The van der Waals surface area contributed by atoms with E-state index in [1.807, 2.05) is 0 Å². The third-order valence-electron chi connectivity index (χ3n) is 6.32. The molecule has 4 nitrogen and oxygen atoms in total. The van der Waals surface area contributed by atoms with E-state index in [1.165, 1.54) is 50.0 Å². The molecule has 0 radical (unpaired) electrons. The van der Waals surface area contributed by atoms with E-state index in [4.69, 9.17) is 0 Å². The van der Waals surface area contributed by atoms with Gasteiger partial charge in [0.2, 0.25) is 0 Å². The number of fused-ring (bicyclic) bond motifs is 6. The van der Waals surface area contributed by atoms with Crippen LogP contribution in [-0.2, 0) is 13.0 Å². The van der Waals surface area contributed by atoms with Crippen molar-refractivity contribution < 1.29 is 4.79 Å². The molecule has 1 atom stereocenters. The van der Waals surface area contributed by atoms with Gasteiger partial charge in [-0.2, -0.15) is 0 Å². The van der Waals surface area contributed by atoms with Crippen molar-refractivity contribution in [2.75, 3.05) is 19.6 Å². The van der Waals surface area contributed by atoms with Crippen LogP contribution in [0.2, 0.25) is 0 Å². The van der Waals surface area contributed by atoms with Gasteiger partial charge in [-0.3, -0.25) is 4.79 Å². The molecule has 1 aromatic heterocycles. The molecule has 3 fully saturated rings. The average Bonchev–Trinajstić information content (AvgIpc) is 2.97. The summed E-state index contributed by atoms with van der Waals surface area (Å²) in [7, 11) is 0. The summed E-state index contributed by atoms with van der Waals surface area (Å²) in [5.41, 5.74) is 3.43. The highest BCUT2D eigenvalue weighted by Gasteiger charge is 2.36. The highest BCUT2D eigenvalue weighted by molar-refractivity contribution is 6.08. The molecular formula is C20H25N3O. The molecule has 4 aliphatic rings. The maximum atomic E-state index is 13.2. The molecule has 5 heterocycles. The Morgan fingerprint density at radius 2 is 1.92 bits per heavy atom. The Morgan fingerprint density at radius 1 is 1.08 bits per heavy atom. The zero-order chi connectivity index (χ0) is 16.1. The quantitative estimate of drug-likeness (QED) is 0.923. The average molecular weight is 323 g/mol. The molecule has 4 aliphatic heterocycles. The molecule has 6 rings (SSSR count). The Labute approximate surface area is 142 Å². The Balaban J connectivity index is 1.51. The van der Waals surface area contributed by atoms with Crippen molar-refractivity contribution in [3.63, 3.8) is 0 Å². The Morgan fingerprint density at radius 3 is 2.71 bits per heavy atom. The topological polar surface area (TPSA) is 37.3 Å². The zero-order valence-corrected chi connectivity index (χ0v) is 14.1. The van der Waals surface area contributed by atoms with Gasteiger partial charge in [0, 0.05) is 35.7 Å². The van der Waals surface area contributed by atoms with Crippen LogP contribution >= 0.6 is 0 Å². The smallest absolute Gasteiger partial charge is 0.254 e. The number of amides is 1. The molecule has 2 aromatic rings. The summed E-state index contributed by atoms with van der Waals surface area (Å²) in [6.07, 6.45) is 5.90. The number of carbonyl (C=O) groups excluding carboxylic acids is 1. The van der Waals surface area contributed by atoms with Gasteiger partial charge >= 0.3 is 0 Å². The van der Waals surface area contributed by atoms with E-state index in [2.05, 4.69) is 39.0 Å². The second-order valence-electron chi connectivity index (χ2n) is 7.67. The lowest BCUT2D eigenvalue weighted by Gasteiger charge is -2.44. The van der Waals surface area contributed by atoms with Gasteiger partial charge in [0.05, 0.1) is 5.56 Å². The SMILES string of the molecule is O=C(N[C@H]1CN2CCC1CC2)c1c2n(c3ccccc13)CCCC2. The van der Waals surface area contributed by atoms with E-state index in [0.29, 0.717) is 12.0 Å². The number of nitrogens with zero attached hydrogens (tertiary/aromatic N) is 2. The van der Waals surface area contributed by atoms with Crippen LogP contribution in [0.3, 0.4) is 0 Å². The maximum Gasteiger partial charge on any atom is 0.254 e. The lowest BCUT2D eigenvalue weighted by Crippen LogP contribution is -2.57. The molecular weight excluding hydrogens is 298 g/mol. The fourth-order valence-electron chi connectivity index (χ4n) is 5.06. The molecule has 24 heavy (non-hydrogen) atoms. The van der Waals surface area contributed by atoms with Crippen LogP contribution in [0.4, 0.5) is 0 Å². The third-order valence-corrected chi connectivity index (χ3v) is 6.32. The van der Waals surface area contributed by atoms with Crippen molar-refractivity contribution in [2.24, 2.45) is 5.92 Å². The number of carbonyl (C=O) groups is 1. The van der Waals surface area contributed by atoms with Crippen LogP contribution in [-0.4, -0.2) is 41.1 Å². The van der Waals surface area contributed by atoms with Gasteiger partial charge in [-0.15, -0.1) is 0 Å². The minimum Gasteiger partial charge on any atom is -0.348 e. The molecule has 4 heteroatoms. The summed E-state index contributed by atoms with van der Waals surface area (Å²) in [5, 5.41) is 4.53. The first-order valence-corrected chi connectivity index (χ1v) is 9.44. The van der Waals surface area contributed by atoms with Crippen LogP contribution in [0.1, 0.15) is 41.7 Å². The summed E-state index contributed by atoms with van der Waals surface area (Å²) in [5.74, 6) is 0.823. The molecule has 126 valence electrons. The standard InChI is InChI=1S/C20H25N3O/c24-20(21-16-13-22-11-8-14(16)9-12-22)19-15-5-1-2-6-17(15)23-10-4-3-7-18(19)23/h1-2,5-6,14,16H,3-4,7-13H2,(H,21,24)/t16-/m0/s1. The van der Waals surface area contributed by atoms with E-state index in [0.717, 1.165) is 30.5 Å². The monoisotopic (exact) mass is 323 g/mol. The molecule has 0 aliphatic carbocycles. The van der Waals surface area contributed by atoms with Crippen LogP contribution in [0.15, 0.2) is 24.3 Å². The van der Waals surface area contributed by atoms with E-state index in [-0.39, 0.29) is 5.91 Å². The molecule has 0 saturated carbocycles. The van der Waals surface area contributed by atoms with Gasteiger partial charge in [-0.05, 0) is 57.2 Å². The van der Waals surface area contributed by atoms with Crippen LogP contribution < -0.4 is 5.32 Å². The van der Waals surface area contributed by atoms with Crippen LogP contribution in [0.25, 0.3) is 10.9 Å².